The smallest absolute Gasteiger partial charge is 0.124 e. The van der Waals surface area contributed by atoms with Crippen LogP contribution in [0.4, 0.5) is 0 Å². The maximum atomic E-state index is 9.76. The van der Waals surface area contributed by atoms with Crippen molar-refractivity contribution in [2.45, 2.75) is 44.9 Å². The van der Waals surface area contributed by atoms with Gasteiger partial charge in [0.15, 0.2) is 0 Å². The molecule has 0 saturated heterocycles. The number of ether oxygens (including phenoxy) is 2. The van der Waals surface area contributed by atoms with Gasteiger partial charge in [-0.2, -0.15) is 0 Å². The molecular weight excluding hydrogens is 244 g/mol. The first-order valence-corrected chi connectivity index (χ1v) is 6.62. The van der Waals surface area contributed by atoms with Crippen LogP contribution in [0.3, 0.4) is 0 Å². The molecule has 0 rings (SSSR count). The summed E-state index contributed by atoms with van der Waals surface area (Å²) in [4.78, 5) is 0. The molecule has 0 aliphatic heterocycles. The molecule has 0 saturated carbocycles. The van der Waals surface area contributed by atoms with Crippen LogP contribution in [0.1, 0.15) is 32.6 Å². The Morgan fingerprint density at radius 2 is 2.11 bits per heavy atom. The molecule has 2 unspecified atom stereocenters. The Labute approximate surface area is 116 Å². The Morgan fingerprint density at radius 3 is 2.63 bits per heavy atom. The summed E-state index contributed by atoms with van der Waals surface area (Å²) in [6, 6.07) is 0. The van der Waals surface area contributed by atoms with Crippen LogP contribution in [0.25, 0.3) is 0 Å². The summed E-state index contributed by atoms with van der Waals surface area (Å²) in [5.74, 6) is 0.593. The van der Waals surface area contributed by atoms with Crippen molar-refractivity contribution in [3.05, 3.63) is 24.1 Å². The summed E-state index contributed by atoms with van der Waals surface area (Å²) in [5, 5.41) is 12.8. The van der Waals surface area contributed by atoms with Crippen molar-refractivity contribution in [3.8, 4) is 0 Å². The molecule has 0 aromatic carbocycles. The van der Waals surface area contributed by atoms with E-state index in [1.165, 1.54) is 0 Å². The van der Waals surface area contributed by atoms with Gasteiger partial charge in [0.25, 0.3) is 0 Å². The van der Waals surface area contributed by atoms with Crippen molar-refractivity contribution in [1.82, 2.24) is 5.32 Å². The van der Waals surface area contributed by atoms with E-state index in [9.17, 15) is 5.11 Å². The minimum Gasteiger partial charge on any atom is -0.499 e. The van der Waals surface area contributed by atoms with E-state index in [0.29, 0.717) is 25.1 Å². The third-order valence-electron chi connectivity index (χ3n) is 2.87. The fourth-order valence-corrected chi connectivity index (χ4v) is 1.65. The number of nitrogens with two attached hydrogens (primary N) is 1. The van der Waals surface area contributed by atoms with Crippen LogP contribution in [0.2, 0.25) is 0 Å². The number of allylic oxidation sites excluding steroid dienone is 1. The Kier molecular flexibility index (Phi) is 10.2. The van der Waals surface area contributed by atoms with Crippen molar-refractivity contribution in [2.75, 3.05) is 20.8 Å². The molecule has 19 heavy (non-hydrogen) atoms. The molecule has 0 aromatic heterocycles. The van der Waals surface area contributed by atoms with E-state index in [1.54, 1.807) is 14.2 Å². The number of methoxy groups -OCH3 is 2. The van der Waals surface area contributed by atoms with Crippen LogP contribution in [-0.2, 0) is 9.47 Å². The Bertz CT molecular complexity index is 280. The maximum Gasteiger partial charge on any atom is 0.124 e. The van der Waals surface area contributed by atoms with E-state index in [2.05, 4.69) is 11.9 Å². The summed E-state index contributed by atoms with van der Waals surface area (Å²) < 4.78 is 10.3. The molecule has 4 N–H and O–H groups in total. The van der Waals surface area contributed by atoms with E-state index in [1.807, 2.05) is 13.0 Å². The number of rotatable bonds is 11. The van der Waals surface area contributed by atoms with Gasteiger partial charge < -0.3 is 25.6 Å². The van der Waals surface area contributed by atoms with Gasteiger partial charge in [0, 0.05) is 19.2 Å². The highest BCUT2D eigenvalue weighted by Gasteiger charge is 2.10. The molecule has 5 nitrogen and oxygen atoms in total. The van der Waals surface area contributed by atoms with Gasteiger partial charge in [-0.05, 0) is 32.7 Å². The molecule has 0 amide bonds. The zero-order valence-electron chi connectivity index (χ0n) is 12.3. The lowest BCUT2D eigenvalue weighted by atomic mass is 10.2. The van der Waals surface area contributed by atoms with Crippen molar-refractivity contribution >= 4 is 0 Å². The lowest BCUT2D eigenvalue weighted by Gasteiger charge is -2.17. The van der Waals surface area contributed by atoms with E-state index < -0.39 is 6.23 Å². The molecule has 0 aromatic rings. The largest absolute Gasteiger partial charge is 0.499 e. The van der Waals surface area contributed by atoms with E-state index in [-0.39, 0.29) is 6.10 Å². The molecule has 0 aliphatic carbocycles. The van der Waals surface area contributed by atoms with Crippen LogP contribution >= 0.6 is 0 Å². The highest BCUT2D eigenvalue weighted by Crippen LogP contribution is 2.11. The van der Waals surface area contributed by atoms with Crippen LogP contribution < -0.4 is 11.1 Å². The second-order valence-corrected chi connectivity index (χ2v) is 4.46. The lowest BCUT2D eigenvalue weighted by Crippen LogP contribution is -2.27. The third-order valence-corrected chi connectivity index (χ3v) is 2.87. The number of nitrogens with one attached hydrogen (secondary N) is 1. The normalized spacial score (nSPS) is 14.9. The molecule has 5 heteroatoms. The summed E-state index contributed by atoms with van der Waals surface area (Å²) in [6.07, 6.45) is 4.45. The van der Waals surface area contributed by atoms with E-state index in [0.717, 1.165) is 18.5 Å². The number of unbranched alkanes of at least 4 members (excludes halogenated alkanes) is 1. The van der Waals surface area contributed by atoms with Gasteiger partial charge >= 0.3 is 0 Å². The van der Waals surface area contributed by atoms with Gasteiger partial charge in [-0.1, -0.05) is 12.7 Å². The predicted octanol–water partition coefficient (Wildman–Crippen LogP) is 1.49. The standard InChI is InChI=1S/C14H28N2O3/c1-11(16-14(17)7-5-6-10-15)8-9-13(19-4)12(2)18-3/h8,13-14,16-17H,2,5-7,9-10,15H2,1,3-4H3/b11-8+. The number of hydrogen-bond donors (Lipinski definition) is 3. The molecule has 0 fully saturated rings. The summed E-state index contributed by atoms with van der Waals surface area (Å²) in [6.45, 7) is 6.35. The predicted molar refractivity (Wildman–Crippen MR) is 77.4 cm³/mol. The first-order chi connectivity index (χ1) is 9.04. The van der Waals surface area contributed by atoms with Gasteiger partial charge in [-0.15, -0.1) is 0 Å². The van der Waals surface area contributed by atoms with Crippen LogP contribution in [0, 0.1) is 0 Å². The summed E-state index contributed by atoms with van der Waals surface area (Å²) in [7, 11) is 3.19. The summed E-state index contributed by atoms with van der Waals surface area (Å²) >= 11 is 0. The zero-order chi connectivity index (χ0) is 14.7. The van der Waals surface area contributed by atoms with Crippen molar-refractivity contribution in [1.29, 1.82) is 0 Å². The lowest BCUT2D eigenvalue weighted by molar-refractivity contribution is 0.0813. The first-order valence-electron chi connectivity index (χ1n) is 6.62. The van der Waals surface area contributed by atoms with E-state index >= 15 is 0 Å². The van der Waals surface area contributed by atoms with Gasteiger partial charge in [0.2, 0.25) is 0 Å². The van der Waals surface area contributed by atoms with Gasteiger partial charge in [-0.25, -0.2) is 0 Å². The average Bonchev–Trinajstić information content (AvgIpc) is 2.39. The minimum absolute atomic E-state index is 0.170. The van der Waals surface area contributed by atoms with Crippen LogP contribution in [0.5, 0.6) is 0 Å². The molecule has 0 aliphatic rings. The third kappa shape index (κ3) is 8.64. The summed E-state index contributed by atoms with van der Waals surface area (Å²) in [5.41, 5.74) is 6.31. The molecular formula is C14H28N2O3. The van der Waals surface area contributed by atoms with Crippen LogP contribution in [0.15, 0.2) is 24.1 Å². The molecule has 2 atom stereocenters. The number of aliphatic hydroxyl groups is 1. The van der Waals surface area contributed by atoms with Crippen molar-refractivity contribution < 1.29 is 14.6 Å². The highest BCUT2D eigenvalue weighted by molar-refractivity contribution is 5.02. The van der Waals surface area contributed by atoms with Gasteiger partial charge in [-0.3, -0.25) is 0 Å². The Hall–Kier alpha value is -1.04. The van der Waals surface area contributed by atoms with Crippen LogP contribution in [-0.4, -0.2) is 38.2 Å². The van der Waals surface area contributed by atoms with Gasteiger partial charge in [0.1, 0.15) is 18.1 Å². The minimum atomic E-state index is -0.533. The molecule has 112 valence electrons. The second-order valence-electron chi connectivity index (χ2n) is 4.46. The number of hydrogen-bond acceptors (Lipinski definition) is 5. The monoisotopic (exact) mass is 272 g/mol. The average molecular weight is 272 g/mol. The second kappa shape index (κ2) is 10.8. The molecule has 0 radical (unpaired) electrons. The fraction of sp³-hybridized carbons (Fsp3) is 0.714. The number of aliphatic hydroxyl groups excluding tert-OH is 1. The molecule has 0 heterocycles. The fourth-order valence-electron chi connectivity index (χ4n) is 1.65. The highest BCUT2D eigenvalue weighted by atomic mass is 16.5. The van der Waals surface area contributed by atoms with E-state index in [4.69, 9.17) is 15.2 Å². The Balaban J connectivity index is 4.07. The maximum absolute atomic E-state index is 9.76. The first kappa shape index (κ1) is 18.0. The molecule has 0 bridgehead atoms. The SMILES string of the molecule is C=C(OC)C(C/C=C(\C)NC(O)CCCCN)OC. The zero-order valence-corrected chi connectivity index (χ0v) is 12.3. The van der Waals surface area contributed by atoms with Crippen molar-refractivity contribution in [2.24, 2.45) is 5.73 Å². The molecule has 0 spiro atoms. The van der Waals surface area contributed by atoms with Gasteiger partial charge in [0.05, 0.1) is 7.11 Å². The Morgan fingerprint density at radius 1 is 1.42 bits per heavy atom. The van der Waals surface area contributed by atoms with Crippen molar-refractivity contribution in [3.63, 3.8) is 0 Å². The topological polar surface area (TPSA) is 76.7 Å². The quantitative estimate of drug-likeness (QED) is 0.302.